The number of amides is 2. The predicted molar refractivity (Wildman–Crippen MR) is 135 cm³/mol. The third-order valence-electron chi connectivity index (χ3n) is 6.94. The van der Waals surface area contributed by atoms with Crippen LogP contribution < -0.4 is 11.1 Å². The van der Waals surface area contributed by atoms with E-state index >= 15 is 0 Å². The summed E-state index contributed by atoms with van der Waals surface area (Å²) in [6.45, 7) is 6.47. The van der Waals surface area contributed by atoms with Crippen molar-refractivity contribution in [2.75, 3.05) is 38.5 Å². The van der Waals surface area contributed by atoms with E-state index < -0.39 is 11.7 Å². The Morgan fingerprint density at radius 2 is 1.68 bits per heavy atom. The largest absolute Gasteiger partial charge is 0.419 e. The summed E-state index contributed by atoms with van der Waals surface area (Å²) in [6, 6.07) is 6.72. The summed E-state index contributed by atoms with van der Waals surface area (Å²) in [4.78, 5) is 34.8. The van der Waals surface area contributed by atoms with Crippen molar-refractivity contribution in [3.63, 3.8) is 0 Å². The van der Waals surface area contributed by atoms with Gasteiger partial charge in [-0.3, -0.25) is 9.59 Å². The molecule has 8 nitrogen and oxygen atoms in total. The molecule has 2 fully saturated rings. The van der Waals surface area contributed by atoms with Crippen LogP contribution in [0.2, 0.25) is 0 Å². The summed E-state index contributed by atoms with van der Waals surface area (Å²) in [5.41, 5.74) is 5.36. The first-order chi connectivity index (χ1) is 17.5. The number of nitrogens with two attached hydrogens (primary N) is 1. The molecule has 2 aromatic rings. The lowest BCUT2D eigenvalue weighted by molar-refractivity contribution is -0.138. The van der Waals surface area contributed by atoms with Crippen LogP contribution in [0.15, 0.2) is 30.5 Å². The Morgan fingerprint density at radius 3 is 2.19 bits per heavy atom. The molecule has 202 valence electrons. The predicted octanol–water partition coefficient (Wildman–Crippen LogP) is 4.23. The molecule has 1 aliphatic heterocycles. The molecule has 2 heterocycles. The zero-order chi connectivity index (χ0) is 27.2. The number of carbonyl (C=O) groups excluding carboxylic acids is 2. The first-order valence-electron chi connectivity index (χ1n) is 12.5. The van der Waals surface area contributed by atoms with E-state index in [9.17, 15) is 22.8 Å². The van der Waals surface area contributed by atoms with Gasteiger partial charge in [0.1, 0.15) is 0 Å². The van der Waals surface area contributed by atoms with Crippen molar-refractivity contribution in [3.05, 3.63) is 47.3 Å². The number of alkyl halides is 3. The fraction of sp³-hybridized carbons (Fsp3) is 0.538. The van der Waals surface area contributed by atoms with E-state index in [1.807, 2.05) is 11.9 Å². The second kappa shape index (κ2) is 12.4. The topological polar surface area (TPSA) is 104 Å². The molecule has 0 radical (unpaired) electrons. The number of aromatic nitrogens is 2. The first kappa shape index (κ1) is 28.4. The molecule has 37 heavy (non-hydrogen) atoms. The third kappa shape index (κ3) is 7.88. The van der Waals surface area contributed by atoms with E-state index in [-0.39, 0.29) is 29.4 Å². The maximum atomic E-state index is 12.8. The average Bonchev–Trinajstić information content (AvgIpc) is 2.84. The van der Waals surface area contributed by atoms with Gasteiger partial charge in [-0.15, -0.1) is 0 Å². The minimum atomic E-state index is -4.48. The highest BCUT2D eigenvalue weighted by molar-refractivity contribution is 5.94. The lowest BCUT2D eigenvalue weighted by Gasteiger charge is -2.32. The zero-order valence-corrected chi connectivity index (χ0v) is 21.5. The van der Waals surface area contributed by atoms with Gasteiger partial charge >= 0.3 is 6.18 Å². The van der Waals surface area contributed by atoms with Gasteiger partial charge in [-0.25, -0.2) is 9.97 Å². The summed E-state index contributed by atoms with van der Waals surface area (Å²) in [6.07, 6.45) is 0.914. The number of nitrogens with one attached hydrogen (secondary N) is 1. The molecule has 2 aliphatic rings. The van der Waals surface area contributed by atoms with Crippen molar-refractivity contribution in [1.29, 1.82) is 0 Å². The Hall–Kier alpha value is -3.21. The average molecular weight is 521 g/mol. The van der Waals surface area contributed by atoms with Crippen molar-refractivity contribution in [2.45, 2.75) is 45.7 Å². The van der Waals surface area contributed by atoms with Crippen molar-refractivity contribution in [3.8, 4) is 0 Å². The number of aryl methyl sites for hydroxylation is 1. The lowest BCUT2D eigenvalue weighted by atomic mass is 9.80. The van der Waals surface area contributed by atoms with Gasteiger partial charge in [0.15, 0.2) is 0 Å². The molecular formula is C26H35F3N6O2. The number of likely N-dealkylation sites (N-methyl/N-ethyl adjacent to an activating group) is 1. The van der Waals surface area contributed by atoms with Gasteiger partial charge in [-0.2, -0.15) is 13.2 Å². The summed E-state index contributed by atoms with van der Waals surface area (Å²) in [7, 11) is 2.02. The molecule has 1 aromatic heterocycles. The van der Waals surface area contributed by atoms with Gasteiger partial charge in [0.25, 0.3) is 5.91 Å². The van der Waals surface area contributed by atoms with Gasteiger partial charge in [0, 0.05) is 49.5 Å². The smallest absolute Gasteiger partial charge is 0.369 e. The van der Waals surface area contributed by atoms with Crippen molar-refractivity contribution in [1.82, 2.24) is 19.8 Å². The van der Waals surface area contributed by atoms with E-state index in [2.05, 4.69) is 27.1 Å². The number of anilines is 2. The van der Waals surface area contributed by atoms with Gasteiger partial charge in [-0.05, 0) is 57.0 Å². The fourth-order valence-electron chi connectivity index (χ4n) is 4.56. The van der Waals surface area contributed by atoms with Gasteiger partial charge in [0.05, 0.1) is 11.3 Å². The number of hydrogen-bond donors (Lipinski definition) is 2. The maximum absolute atomic E-state index is 12.8. The Morgan fingerprint density at radius 1 is 1.05 bits per heavy atom. The number of nitrogens with zero attached hydrogens (tertiary/aromatic N) is 4. The molecule has 1 aromatic carbocycles. The molecule has 2 atom stereocenters. The highest BCUT2D eigenvalue weighted by atomic mass is 19.4. The summed E-state index contributed by atoms with van der Waals surface area (Å²) >= 11 is 0. The Labute approximate surface area is 215 Å². The number of primary amides is 1. The van der Waals surface area contributed by atoms with Crippen LogP contribution in [0.3, 0.4) is 0 Å². The van der Waals surface area contributed by atoms with E-state index in [0.29, 0.717) is 30.3 Å². The van der Waals surface area contributed by atoms with Crippen LogP contribution in [0.25, 0.3) is 0 Å². The van der Waals surface area contributed by atoms with Crippen molar-refractivity contribution < 1.29 is 22.8 Å². The number of rotatable bonds is 4. The first-order valence-corrected chi connectivity index (χ1v) is 12.5. The van der Waals surface area contributed by atoms with Crippen LogP contribution in [0.4, 0.5) is 24.8 Å². The van der Waals surface area contributed by atoms with E-state index in [0.717, 1.165) is 25.7 Å². The highest BCUT2D eigenvalue weighted by Crippen LogP contribution is 2.31. The molecule has 0 spiro atoms. The molecule has 1 saturated heterocycles. The standard InChI is InChI=1S/C18H20F3N5O.C8H15NO/c1-12-15(18(19,20)21)11-22-17(23-12)24-14-5-3-13(4-6-14)16(27)26-9-7-25(2)8-10-26;1-6-4-2-3-5-7(6)8(9)10/h3-6,11H,7-10H2,1-2H3,(H,22,23,24);6-7H,2-5H2,1H3,(H2,9,10). The molecule has 4 rings (SSSR count). The van der Waals surface area contributed by atoms with Gasteiger partial charge < -0.3 is 20.9 Å². The molecule has 0 bridgehead atoms. The zero-order valence-electron chi connectivity index (χ0n) is 21.5. The van der Waals surface area contributed by atoms with Crippen LogP contribution in [-0.2, 0) is 11.0 Å². The van der Waals surface area contributed by atoms with Crippen molar-refractivity contribution in [2.24, 2.45) is 17.6 Å². The minimum Gasteiger partial charge on any atom is -0.369 e. The minimum absolute atomic E-state index is 0.0312. The Kier molecular flexibility index (Phi) is 9.47. The number of benzene rings is 1. The molecule has 1 aliphatic carbocycles. The Balaban J connectivity index is 0.000000319. The highest BCUT2D eigenvalue weighted by Gasteiger charge is 2.33. The second-order valence-electron chi connectivity index (χ2n) is 9.76. The van der Waals surface area contributed by atoms with Gasteiger partial charge in [0.2, 0.25) is 11.9 Å². The van der Waals surface area contributed by atoms with Gasteiger partial charge in [-0.1, -0.05) is 19.8 Å². The number of halogens is 3. The summed E-state index contributed by atoms with van der Waals surface area (Å²) in [5, 5.41) is 2.85. The normalized spacial score (nSPS) is 20.5. The monoisotopic (exact) mass is 520 g/mol. The SMILES string of the molecule is CC1CCCCC1C(N)=O.Cc1nc(Nc2ccc(C(=O)N3CCN(C)CC3)cc2)ncc1C(F)(F)F. The molecule has 1 saturated carbocycles. The second-order valence-corrected chi connectivity index (χ2v) is 9.76. The number of hydrogen-bond acceptors (Lipinski definition) is 6. The van der Waals surface area contributed by atoms with E-state index in [4.69, 9.17) is 5.73 Å². The maximum Gasteiger partial charge on any atom is 0.419 e. The number of carbonyl (C=O) groups is 2. The summed E-state index contributed by atoms with van der Waals surface area (Å²) < 4.78 is 38.3. The number of piperazine rings is 1. The Bertz CT molecular complexity index is 1070. The molecular weight excluding hydrogens is 485 g/mol. The third-order valence-corrected chi connectivity index (χ3v) is 6.94. The molecule has 3 N–H and O–H groups in total. The quantitative estimate of drug-likeness (QED) is 0.625. The van der Waals surface area contributed by atoms with Crippen LogP contribution in [-0.4, -0.2) is 64.8 Å². The van der Waals surface area contributed by atoms with Crippen LogP contribution in [0, 0.1) is 18.8 Å². The van der Waals surface area contributed by atoms with Crippen molar-refractivity contribution >= 4 is 23.5 Å². The van der Waals surface area contributed by atoms with Crippen LogP contribution >= 0.6 is 0 Å². The molecule has 2 amide bonds. The lowest BCUT2D eigenvalue weighted by Crippen LogP contribution is -2.47. The molecule has 11 heteroatoms. The molecule has 2 unspecified atom stereocenters. The van der Waals surface area contributed by atoms with E-state index in [1.165, 1.54) is 26.2 Å². The fourth-order valence-corrected chi connectivity index (χ4v) is 4.56. The summed E-state index contributed by atoms with van der Waals surface area (Å²) in [5.74, 6) is 0.613. The van der Waals surface area contributed by atoms with E-state index in [1.54, 1.807) is 24.3 Å². The van der Waals surface area contributed by atoms with Crippen LogP contribution in [0.5, 0.6) is 0 Å². The van der Waals surface area contributed by atoms with Crippen LogP contribution in [0.1, 0.15) is 54.2 Å².